The van der Waals surface area contributed by atoms with E-state index in [4.69, 9.17) is 0 Å². The van der Waals surface area contributed by atoms with Crippen LogP contribution in [0.25, 0.3) is 0 Å². The Morgan fingerprint density at radius 2 is 2.29 bits per heavy atom. The number of pyridine rings is 1. The summed E-state index contributed by atoms with van der Waals surface area (Å²) in [6.45, 7) is 3.87. The van der Waals surface area contributed by atoms with Crippen molar-refractivity contribution in [3.63, 3.8) is 0 Å². The van der Waals surface area contributed by atoms with Crippen molar-refractivity contribution < 1.29 is 0 Å². The molecule has 1 aromatic rings. The van der Waals surface area contributed by atoms with Crippen molar-refractivity contribution >= 4 is 5.82 Å². The number of nitrogens with zero attached hydrogens (tertiary/aromatic N) is 3. The predicted molar refractivity (Wildman–Crippen MR) is 70.8 cm³/mol. The molecule has 17 heavy (non-hydrogen) atoms. The molecule has 0 saturated carbocycles. The van der Waals surface area contributed by atoms with Crippen LogP contribution in [0.15, 0.2) is 12.1 Å². The average molecular weight is 233 g/mol. The molecule has 2 rings (SSSR count). The number of likely N-dealkylation sites (N-methyl/N-ethyl adjacent to an activating group) is 1. The predicted octanol–water partition coefficient (Wildman–Crippen LogP) is 1.20. The van der Waals surface area contributed by atoms with Crippen LogP contribution in [-0.4, -0.2) is 48.5 Å². The third-order valence-electron chi connectivity index (χ3n) is 2.99. The topological polar surface area (TPSA) is 31.4 Å². The molecule has 0 spiro atoms. The summed E-state index contributed by atoms with van der Waals surface area (Å²) in [6, 6.07) is 4.23. The van der Waals surface area contributed by atoms with E-state index >= 15 is 0 Å². The highest BCUT2D eigenvalue weighted by atomic mass is 15.1. The van der Waals surface area contributed by atoms with Gasteiger partial charge in [-0.1, -0.05) is 6.07 Å². The molecule has 0 bridgehead atoms. The molecule has 0 aromatic carbocycles. The van der Waals surface area contributed by atoms with Crippen LogP contribution in [0.2, 0.25) is 0 Å². The lowest BCUT2D eigenvalue weighted by Crippen LogP contribution is -2.26. The summed E-state index contributed by atoms with van der Waals surface area (Å²) >= 11 is 0. The van der Waals surface area contributed by atoms with Crippen LogP contribution >= 0.6 is 0 Å². The normalized spacial score (nSPS) is 16.0. The third-order valence-corrected chi connectivity index (χ3v) is 2.99. The summed E-state index contributed by atoms with van der Waals surface area (Å²) in [7, 11) is 8.12. The van der Waals surface area contributed by atoms with Crippen molar-refractivity contribution in [1.29, 1.82) is 0 Å². The van der Waals surface area contributed by atoms with Gasteiger partial charge in [0.1, 0.15) is 5.82 Å². The zero-order chi connectivity index (χ0) is 12.3. The summed E-state index contributed by atoms with van der Waals surface area (Å²) in [6.07, 6.45) is 1.00. The van der Waals surface area contributed by atoms with Gasteiger partial charge in [0.05, 0.1) is 0 Å². The Labute approximate surface area is 104 Å². The molecule has 1 N–H and O–H groups in total. The highest BCUT2D eigenvalue weighted by molar-refractivity contribution is 5.39. The van der Waals surface area contributed by atoms with E-state index in [1.807, 2.05) is 0 Å². The minimum Gasteiger partial charge on any atom is -0.455 e. The van der Waals surface area contributed by atoms with Crippen LogP contribution in [0.1, 0.15) is 11.3 Å². The van der Waals surface area contributed by atoms with Gasteiger partial charge in [0.15, 0.2) is 0 Å². The Hall–Kier alpha value is -1.13. The highest BCUT2D eigenvalue weighted by Crippen LogP contribution is 2.18. The lowest BCUT2D eigenvalue weighted by atomic mass is 10.1. The van der Waals surface area contributed by atoms with Crippen LogP contribution in [-0.2, 0) is 13.0 Å². The molecule has 0 atom stereocenters. The number of hydrogen-bond acceptors (Lipinski definition) is 4. The Morgan fingerprint density at radius 1 is 1.47 bits per heavy atom. The fourth-order valence-corrected chi connectivity index (χ4v) is 1.98. The van der Waals surface area contributed by atoms with Crippen molar-refractivity contribution in [1.82, 2.24) is 14.8 Å². The van der Waals surface area contributed by atoms with Gasteiger partial charge < -0.3 is 15.1 Å². The van der Waals surface area contributed by atoms with Crippen LogP contribution in [0.5, 0.6) is 0 Å². The number of anilines is 1. The number of fused-ring (bicyclic) bond motifs is 1. The summed E-state index contributed by atoms with van der Waals surface area (Å²) in [5.41, 5.74) is 2.53. The minimum absolute atomic E-state index is 0.917. The van der Waals surface area contributed by atoms with Gasteiger partial charge in [0, 0.05) is 25.2 Å². The molecule has 2 heterocycles. The first-order chi connectivity index (χ1) is 8.15. The summed E-state index contributed by atoms with van der Waals surface area (Å²) < 4.78 is 0. The zero-order valence-corrected chi connectivity index (χ0v) is 10.7. The molecule has 94 valence electrons. The van der Waals surface area contributed by atoms with E-state index in [-0.39, 0.29) is 0 Å². The smallest absolute Gasteiger partial charge is 0.126 e. The molecular formula is C13H21N4-. The first-order valence-electron chi connectivity index (χ1n) is 6.08. The van der Waals surface area contributed by atoms with E-state index < -0.39 is 0 Å². The maximum Gasteiger partial charge on any atom is 0.126 e. The Balaban J connectivity index is 1.96. The standard InChI is InChI=1S/C13H21N4/c1-16(2)9-7-14-13-5-4-11-10-17(3)8-6-12(11)15-13/h4-5H,3,6-10H2,1-2H3,(H,14,15)/q-1. The van der Waals surface area contributed by atoms with E-state index in [0.29, 0.717) is 0 Å². The fourth-order valence-electron chi connectivity index (χ4n) is 1.98. The van der Waals surface area contributed by atoms with Crippen molar-refractivity contribution in [2.75, 3.05) is 39.0 Å². The summed E-state index contributed by atoms with van der Waals surface area (Å²) in [5, 5.41) is 3.36. The Kier molecular flexibility index (Phi) is 3.97. The minimum atomic E-state index is 0.917. The Morgan fingerprint density at radius 3 is 3.06 bits per heavy atom. The van der Waals surface area contributed by atoms with Crippen molar-refractivity contribution in [2.24, 2.45) is 0 Å². The van der Waals surface area contributed by atoms with Crippen LogP contribution in [0, 0.1) is 7.05 Å². The van der Waals surface area contributed by atoms with Crippen molar-refractivity contribution in [3.05, 3.63) is 30.4 Å². The molecule has 1 aliphatic heterocycles. The first-order valence-corrected chi connectivity index (χ1v) is 6.08. The second kappa shape index (κ2) is 5.47. The molecule has 1 aromatic heterocycles. The van der Waals surface area contributed by atoms with Gasteiger partial charge in [-0.15, -0.1) is 0 Å². The molecule has 4 heteroatoms. The van der Waals surface area contributed by atoms with Gasteiger partial charge >= 0.3 is 0 Å². The van der Waals surface area contributed by atoms with E-state index in [0.717, 1.165) is 38.4 Å². The summed E-state index contributed by atoms with van der Waals surface area (Å²) in [5.74, 6) is 0.989. The number of aromatic nitrogens is 1. The molecule has 0 radical (unpaired) electrons. The molecule has 0 amide bonds. The maximum atomic E-state index is 4.66. The molecule has 1 aliphatic rings. The molecule has 0 aliphatic carbocycles. The van der Waals surface area contributed by atoms with Gasteiger partial charge in [-0.3, -0.25) is 7.05 Å². The Bertz CT molecular complexity index is 376. The average Bonchev–Trinajstić information content (AvgIpc) is 2.29. The fraction of sp³-hybridized carbons (Fsp3) is 0.538. The molecular weight excluding hydrogens is 212 g/mol. The maximum absolute atomic E-state index is 4.66. The monoisotopic (exact) mass is 233 g/mol. The summed E-state index contributed by atoms with van der Waals surface area (Å²) in [4.78, 5) is 8.91. The molecule has 0 fully saturated rings. The molecule has 0 unspecified atom stereocenters. The second-order valence-electron chi connectivity index (χ2n) is 4.83. The van der Waals surface area contributed by atoms with Crippen LogP contribution < -0.4 is 5.32 Å². The van der Waals surface area contributed by atoms with Crippen LogP contribution in [0.3, 0.4) is 0 Å². The van der Waals surface area contributed by atoms with E-state index in [1.165, 1.54) is 11.3 Å². The number of nitrogens with one attached hydrogen (secondary N) is 1. The first kappa shape index (κ1) is 12.3. The van der Waals surface area contributed by atoms with E-state index in [1.54, 1.807) is 0 Å². The van der Waals surface area contributed by atoms with E-state index in [2.05, 4.69) is 53.4 Å². The third kappa shape index (κ3) is 3.41. The molecule has 0 saturated heterocycles. The van der Waals surface area contributed by atoms with Gasteiger partial charge in [0.2, 0.25) is 0 Å². The van der Waals surface area contributed by atoms with Gasteiger partial charge in [-0.25, -0.2) is 4.98 Å². The van der Waals surface area contributed by atoms with Gasteiger partial charge in [-0.05, 0) is 38.8 Å². The lowest BCUT2D eigenvalue weighted by Gasteiger charge is -2.30. The highest BCUT2D eigenvalue weighted by Gasteiger charge is 2.11. The zero-order valence-electron chi connectivity index (χ0n) is 10.7. The van der Waals surface area contributed by atoms with Crippen LogP contribution in [0.4, 0.5) is 5.82 Å². The lowest BCUT2D eigenvalue weighted by molar-refractivity contribution is 0.344. The van der Waals surface area contributed by atoms with Gasteiger partial charge in [-0.2, -0.15) is 0 Å². The largest absolute Gasteiger partial charge is 0.455 e. The number of hydrogen-bond donors (Lipinski definition) is 1. The number of rotatable bonds is 4. The SMILES string of the molecule is [CH2-]N1CCc2nc(NCCN(C)C)ccc2C1. The van der Waals surface area contributed by atoms with E-state index in [9.17, 15) is 0 Å². The molecule has 4 nitrogen and oxygen atoms in total. The van der Waals surface area contributed by atoms with Crippen molar-refractivity contribution in [2.45, 2.75) is 13.0 Å². The van der Waals surface area contributed by atoms with Gasteiger partial charge in [0.25, 0.3) is 0 Å². The van der Waals surface area contributed by atoms with Crippen molar-refractivity contribution in [3.8, 4) is 0 Å². The second-order valence-corrected chi connectivity index (χ2v) is 4.83. The quantitative estimate of drug-likeness (QED) is 0.792.